The highest BCUT2D eigenvalue weighted by atomic mass is 32.2. The van der Waals surface area contributed by atoms with Gasteiger partial charge in [-0.1, -0.05) is 12.1 Å². The van der Waals surface area contributed by atoms with Crippen LogP contribution in [0.1, 0.15) is 30.8 Å². The Kier molecular flexibility index (Phi) is 4.53. The zero-order valence-corrected chi connectivity index (χ0v) is 14.4. The molecule has 8 nitrogen and oxygen atoms in total. The van der Waals surface area contributed by atoms with Gasteiger partial charge in [0.15, 0.2) is 11.4 Å². The van der Waals surface area contributed by atoms with Crippen molar-refractivity contribution in [1.29, 1.82) is 0 Å². The summed E-state index contributed by atoms with van der Waals surface area (Å²) in [6, 6.07) is 1.44. The number of aryl methyl sites for hydroxylation is 1. The Balaban J connectivity index is 1.82. The zero-order valence-electron chi connectivity index (χ0n) is 13.6. The maximum absolute atomic E-state index is 12.6. The topological polar surface area (TPSA) is 109 Å². The fourth-order valence-corrected chi connectivity index (χ4v) is 4.01. The Morgan fingerprint density at radius 2 is 2.12 bits per heavy atom. The summed E-state index contributed by atoms with van der Waals surface area (Å²) in [5, 5.41) is 14.3. The molecule has 1 aliphatic rings. The van der Waals surface area contributed by atoms with Crippen molar-refractivity contribution in [2.45, 2.75) is 36.4 Å². The van der Waals surface area contributed by atoms with Crippen molar-refractivity contribution in [2.75, 3.05) is 13.1 Å². The first-order valence-corrected chi connectivity index (χ1v) is 9.09. The number of rotatable bonds is 4. The van der Waals surface area contributed by atoms with Crippen LogP contribution in [0.25, 0.3) is 0 Å². The molecule has 2 aromatic rings. The number of sulfonamides is 1. The van der Waals surface area contributed by atoms with E-state index in [2.05, 4.69) is 15.1 Å². The first kappa shape index (κ1) is 18.7. The summed E-state index contributed by atoms with van der Waals surface area (Å²) in [6.07, 6.45) is -3.51. The fraction of sp³-hybridized carbons (Fsp3) is 0.500. The minimum atomic E-state index is -4.66. The largest absolute Gasteiger partial charge is 0.433 e. The van der Waals surface area contributed by atoms with E-state index < -0.39 is 32.4 Å². The van der Waals surface area contributed by atoms with Gasteiger partial charge in [-0.15, -0.1) is 0 Å². The number of hydrogen-bond donors (Lipinski definition) is 1. The number of alkyl halides is 3. The molecule has 1 fully saturated rings. The van der Waals surface area contributed by atoms with E-state index in [1.54, 1.807) is 6.92 Å². The van der Waals surface area contributed by atoms with Crippen molar-refractivity contribution in [2.24, 2.45) is 0 Å². The van der Waals surface area contributed by atoms with Crippen LogP contribution in [0.4, 0.5) is 13.2 Å². The highest BCUT2D eigenvalue weighted by molar-refractivity contribution is 7.89. The first-order valence-electron chi connectivity index (χ1n) is 7.65. The Hall–Kier alpha value is -2.05. The molecule has 2 aromatic heterocycles. The maximum atomic E-state index is 12.6. The van der Waals surface area contributed by atoms with Crippen LogP contribution in [0, 0.1) is 0 Å². The molecular formula is C14H15F3N4O4S. The summed E-state index contributed by atoms with van der Waals surface area (Å²) in [4.78, 5) is 6.79. The molecule has 1 aliphatic heterocycles. The summed E-state index contributed by atoms with van der Waals surface area (Å²) in [5.74, 6) is 0.291. The fourth-order valence-electron chi connectivity index (χ4n) is 2.58. The van der Waals surface area contributed by atoms with E-state index in [4.69, 9.17) is 4.52 Å². The average Bonchev–Trinajstić information content (AvgIpc) is 3.22. The van der Waals surface area contributed by atoms with Crippen LogP contribution in [-0.4, -0.2) is 46.0 Å². The molecule has 0 unspecified atom stereocenters. The van der Waals surface area contributed by atoms with E-state index in [9.17, 15) is 26.7 Å². The summed E-state index contributed by atoms with van der Waals surface area (Å²) in [5.41, 5.74) is -2.83. The number of pyridine rings is 1. The Morgan fingerprint density at radius 3 is 2.65 bits per heavy atom. The van der Waals surface area contributed by atoms with E-state index in [0.29, 0.717) is 24.5 Å². The van der Waals surface area contributed by atoms with Crippen LogP contribution in [-0.2, 0) is 28.2 Å². The number of aliphatic hydroxyl groups is 1. The highest BCUT2D eigenvalue weighted by Gasteiger charge is 2.47. The van der Waals surface area contributed by atoms with Crippen LogP contribution in [0.5, 0.6) is 0 Å². The molecule has 26 heavy (non-hydrogen) atoms. The number of nitrogens with zero attached hydrogens (tertiary/aromatic N) is 4. The summed E-state index contributed by atoms with van der Waals surface area (Å²) in [7, 11) is -4.13. The van der Waals surface area contributed by atoms with E-state index in [1.165, 1.54) is 0 Å². The van der Waals surface area contributed by atoms with Crippen molar-refractivity contribution in [3.05, 3.63) is 35.7 Å². The molecular weight excluding hydrogens is 377 g/mol. The third-order valence-corrected chi connectivity index (χ3v) is 5.89. The number of hydrogen-bond acceptors (Lipinski definition) is 7. The summed E-state index contributed by atoms with van der Waals surface area (Å²) < 4.78 is 68.8. The SMILES string of the molecule is CCc1noc([C@]2(O)CCN(S(=O)(=O)c3ccc(C(F)(F)F)nc3)C2)n1. The molecule has 0 radical (unpaired) electrons. The van der Waals surface area contributed by atoms with Gasteiger partial charge in [0, 0.05) is 25.6 Å². The number of β-amino-alcohol motifs (C(OH)–C–C–N with tert-alkyl or cyclic N) is 1. The Bertz CT molecular complexity index is 898. The second-order valence-corrected chi connectivity index (χ2v) is 7.80. The standard InChI is InChI=1S/C14H15F3N4O4S/c1-2-11-19-12(25-20-11)13(22)5-6-21(8-13)26(23,24)9-3-4-10(18-7-9)14(15,16)17/h3-4,7,22H,2,5-6,8H2,1H3/t13-/m0/s1. The zero-order chi connectivity index (χ0) is 19.2. The molecule has 1 saturated heterocycles. The van der Waals surface area contributed by atoms with E-state index >= 15 is 0 Å². The van der Waals surface area contributed by atoms with Crippen LogP contribution in [0.2, 0.25) is 0 Å². The molecule has 1 atom stereocenters. The summed E-state index contributed by atoms with van der Waals surface area (Å²) in [6.45, 7) is 1.40. The Labute approximate surface area is 146 Å². The van der Waals surface area contributed by atoms with Gasteiger partial charge in [-0.25, -0.2) is 8.42 Å². The maximum Gasteiger partial charge on any atom is 0.433 e. The van der Waals surface area contributed by atoms with Crippen molar-refractivity contribution in [3.8, 4) is 0 Å². The predicted octanol–water partition coefficient (Wildman–Crippen LogP) is 1.33. The van der Waals surface area contributed by atoms with Gasteiger partial charge in [-0.2, -0.15) is 22.5 Å². The van der Waals surface area contributed by atoms with Gasteiger partial charge in [-0.05, 0) is 12.1 Å². The van der Waals surface area contributed by atoms with E-state index in [0.717, 1.165) is 10.4 Å². The molecule has 0 saturated carbocycles. The van der Waals surface area contributed by atoms with Crippen LogP contribution >= 0.6 is 0 Å². The third-order valence-electron chi connectivity index (χ3n) is 4.06. The van der Waals surface area contributed by atoms with Gasteiger partial charge < -0.3 is 9.63 Å². The molecule has 0 spiro atoms. The highest BCUT2D eigenvalue weighted by Crippen LogP contribution is 2.34. The lowest BCUT2D eigenvalue weighted by Gasteiger charge is -2.19. The molecule has 12 heteroatoms. The van der Waals surface area contributed by atoms with Crippen molar-refractivity contribution < 1.29 is 31.2 Å². The Morgan fingerprint density at radius 1 is 1.38 bits per heavy atom. The lowest BCUT2D eigenvalue weighted by molar-refractivity contribution is -0.141. The third kappa shape index (κ3) is 3.31. The molecule has 0 aliphatic carbocycles. The number of halogens is 3. The molecule has 3 heterocycles. The van der Waals surface area contributed by atoms with Gasteiger partial charge in [0.2, 0.25) is 10.0 Å². The van der Waals surface area contributed by atoms with E-state index in [-0.39, 0.29) is 25.4 Å². The van der Waals surface area contributed by atoms with Gasteiger partial charge >= 0.3 is 6.18 Å². The number of aromatic nitrogens is 3. The van der Waals surface area contributed by atoms with Gasteiger partial charge in [0.25, 0.3) is 5.89 Å². The normalized spacial score (nSPS) is 22.0. The quantitative estimate of drug-likeness (QED) is 0.836. The smallest absolute Gasteiger partial charge is 0.379 e. The molecule has 1 N–H and O–H groups in total. The van der Waals surface area contributed by atoms with Crippen LogP contribution in [0.15, 0.2) is 27.7 Å². The van der Waals surface area contributed by atoms with Crippen LogP contribution < -0.4 is 0 Å². The van der Waals surface area contributed by atoms with Crippen molar-refractivity contribution in [1.82, 2.24) is 19.4 Å². The lowest BCUT2D eigenvalue weighted by atomic mass is 10.0. The van der Waals surface area contributed by atoms with Crippen molar-refractivity contribution >= 4 is 10.0 Å². The first-order chi connectivity index (χ1) is 12.1. The van der Waals surface area contributed by atoms with Crippen LogP contribution in [0.3, 0.4) is 0 Å². The second kappa shape index (κ2) is 6.28. The molecule has 0 amide bonds. The second-order valence-electron chi connectivity index (χ2n) is 5.87. The predicted molar refractivity (Wildman–Crippen MR) is 80.2 cm³/mol. The van der Waals surface area contributed by atoms with Gasteiger partial charge in [0.1, 0.15) is 10.6 Å². The molecule has 0 aromatic carbocycles. The molecule has 3 rings (SSSR count). The molecule has 142 valence electrons. The van der Waals surface area contributed by atoms with Gasteiger partial charge in [0.05, 0.1) is 6.54 Å². The van der Waals surface area contributed by atoms with Gasteiger partial charge in [-0.3, -0.25) is 4.98 Å². The van der Waals surface area contributed by atoms with E-state index in [1.807, 2.05) is 0 Å². The monoisotopic (exact) mass is 392 g/mol. The minimum absolute atomic E-state index is 0.0195. The summed E-state index contributed by atoms with van der Waals surface area (Å²) >= 11 is 0. The van der Waals surface area contributed by atoms with Crippen molar-refractivity contribution in [3.63, 3.8) is 0 Å². The lowest BCUT2D eigenvalue weighted by Crippen LogP contribution is -2.34. The minimum Gasteiger partial charge on any atom is -0.379 e. The molecule has 0 bridgehead atoms. The average molecular weight is 392 g/mol.